The number of piperidine rings is 1. The minimum atomic E-state index is 0.736. The van der Waals surface area contributed by atoms with Crippen molar-refractivity contribution in [2.75, 3.05) is 0 Å². The zero-order valence-electron chi connectivity index (χ0n) is 6.10. The lowest BCUT2D eigenvalue weighted by atomic mass is 9.81. The van der Waals surface area contributed by atoms with Gasteiger partial charge in [0, 0.05) is 12.5 Å². The molecule has 1 aliphatic heterocycles. The van der Waals surface area contributed by atoms with Crippen molar-refractivity contribution >= 4 is 17.2 Å². The van der Waals surface area contributed by atoms with Gasteiger partial charge in [-0.2, -0.15) is 0 Å². The lowest BCUT2D eigenvalue weighted by Gasteiger charge is -2.35. The van der Waals surface area contributed by atoms with Crippen molar-refractivity contribution in [1.82, 2.24) is 5.32 Å². The molecular weight excluding hydrogens is 142 g/mol. The molecule has 1 N–H and O–H groups in total. The highest BCUT2D eigenvalue weighted by atomic mass is 32.1. The third-order valence-corrected chi connectivity index (χ3v) is 2.91. The van der Waals surface area contributed by atoms with E-state index in [0.717, 1.165) is 23.4 Å². The second-order valence-corrected chi connectivity index (χ2v) is 3.99. The molecule has 1 heterocycles. The van der Waals surface area contributed by atoms with Crippen molar-refractivity contribution in [2.45, 2.75) is 38.1 Å². The molecule has 10 heavy (non-hydrogen) atoms. The van der Waals surface area contributed by atoms with Crippen LogP contribution in [0.4, 0.5) is 0 Å². The molecule has 2 fully saturated rings. The molecule has 2 aliphatic rings. The van der Waals surface area contributed by atoms with Crippen molar-refractivity contribution in [3.63, 3.8) is 0 Å². The van der Waals surface area contributed by atoms with Crippen molar-refractivity contribution in [3.8, 4) is 0 Å². The maximum absolute atomic E-state index is 5.15. The Hall–Kier alpha value is -0.110. The third-order valence-electron chi connectivity index (χ3n) is 2.62. The first-order valence-electron chi connectivity index (χ1n) is 4.14. The van der Waals surface area contributed by atoms with Gasteiger partial charge in [0.25, 0.3) is 0 Å². The van der Waals surface area contributed by atoms with Crippen LogP contribution in [0.1, 0.15) is 32.1 Å². The van der Waals surface area contributed by atoms with Crippen LogP contribution in [0.15, 0.2) is 0 Å². The first-order chi connectivity index (χ1) is 4.84. The van der Waals surface area contributed by atoms with E-state index in [4.69, 9.17) is 12.2 Å². The second kappa shape index (κ2) is 2.50. The quantitative estimate of drug-likeness (QED) is 0.536. The van der Waals surface area contributed by atoms with Gasteiger partial charge in [0.05, 0.1) is 4.99 Å². The fourth-order valence-corrected chi connectivity index (χ4v) is 2.56. The van der Waals surface area contributed by atoms with Crippen LogP contribution >= 0.6 is 12.2 Å². The van der Waals surface area contributed by atoms with Gasteiger partial charge in [0.15, 0.2) is 0 Å². The van der Waals surface area contributed by atoms with Gasteiger partial charge in [-0.1, -0.05) is 18.6 Å². The van der Waals surface area contributed by atoms with E-state index in [0.29, 0.717) is 0 Å². The molecule has 2 bridgehead atoms. The Morgan fingerprint density at radius 2 is 2.30 bits per heavy atom. The molecule has 1 aliphatic carbocycles. The summed E-state index contributed by atoms with van der Waals surface area (Å²) in [5, 5.41) is 3.38. The summed E-state index contributed by atoms with van der Waals surface area (Å²) in [5.41, 5.74) is 0. The Labute approximate surface area is 67.2 Å². The van der Waals surface area contributed by atoms with Crippen molar-refractivity contribution in [3.05, 3.63) is 0 Å². The molecule has 1 nitrogen and oxygen atoms in total. The number of fused-ring (bicyclic) bond motifs is 2. The summed E-state index contributed by atoms with van der Waals surface area (Å²) in [5.74, 6) is 0.924. The molecule has 1 saturated carbocycles. The molecule has 0 aromatic carbocycles. The Bertz CT molecular complexity index is 141. The fourth-order valence-electron chi connectivity index (χ4n) is 2.16. The zero-order chi connectivity index (χ0) is 6.97. The number of hydrogen-bond donors (Lipinski definition) is 1. The van der Waals surface area contributed by atoms with Gasteiger partial charge >= 0.3 is 0 Å². The van der Waals surface area contributed by atoms with E-state index >= 15 is 0 Å². The molecule has 2 heteroatoms. The SMILES string of the molecule is S=C1C[C@H]2CCC[C@@H](C2)N1. The highest BCUT2D eigenvalue weighted by Gasteiger charge is 2.27. The smallest absolute Gasteiger partial charge is 0.0758 e. The molecule has 1 saturated heterocycles. The summed E-state index contributed by atoms with van der Waals surface area (Å²) in [7, 11) is 0. The van der Waals surface area contributed by atoms with Crippen molar-refractivity contribution < 1.29 is 0 Å². The molecule has 2 atom stereocenters. The molecular formula is C8H13NS. The maximum atomic E-state index is 5.15. The molecule has 2 rings (SSSR count). The molecule has 0 radical (unpaired) electrons. The van der Waals surface area contributed by atoms with E-state index in [1.807, 2.05) is 0 Å². The molecule has 0 unspecified atom stereocenters. The van der Waals surface area contributed by atoms with Crippen LogP contribution in [0.2, 0.25) is 0 Å². The van der Waals surface area contributed by atoms with Crippen LogP contribution in [-0.4, -0.2) is 11.0 Å². The Morgan fingerprint density at radius 3 is 3.10 bits per heavy atom. The van der Waals surface area contributed by atoms with E-state index in [2.05, 4.69) is 5.32 Å². The van der Waals surface area contributed by atoms with Gasteiger partial charge in [-0.25, -0.2) is 0 Å². The number of hydrogen-bond acceptors (Lipinski definition) is 1. The van der Waals surface area contributed by atoms with Crippen LogP contribution in [-0.2, 0) is 0 Å². The van der Waals surface area contributed by atoms with Gasteiger partial charge in [0.1, 0.15) is 0 Å². The van der Waals surface area contributed by atoms with Gasteiger partial charge in [-0.05, 0) is 25.2 Å². The van der Waals surface area contributed by atoms with Crippen LogP contribution < -0.4 is 5.32 Å². The van der Waals surface area contributed by atoms with Crippen LogP contribution in [0.3, 0.4) is 0 Å². The van der Waals surface area contributed by atoms with Crippen molar-refractivity contribution in [1.29, 1.82) is 0 Å². The lowest BCUT2D eigenvalue weighted by molar-refractivity contribution is 0.289. The summed E-state index contributed by atoms with van der Waals surface area (Å²) < 4.78 is 0. The number of thiocarbonyl (C=S) groups is 1. The minimum absolute atomic E-state index is 0.736. The summed E-state index contributed by atoms with van der Waals surface area (Å²) in [4.78, 5) is 1.11. The third kappa shape index (κ3) is 1.17. The van der Waals surface area contributed by atoms with E-state index in [9.17, 15) is 0 Å². The monoisotopic (exact) mass is 155 g/mol. The predicted molar refractivity (Wildman–Crippen MR) is 46.1 cm³/mol. The van der Waals surface area contributed by atoms with E-state index in [1.54, 1.807) is 0 Å². The zero-order valence-corrected chi connectivity index (χ0v) is 6.91. The highest BCUT2D eigenvalue weighted by Crippen LogP contribution is 2.30. The topological polar surface area (TPSA) is 12.0 Å². The standard InChI is InChI=1S/C8H13NS/c10-8-5-6-2-1-3-7(4-6)9-8/h6-7H,1-5H2,(H,9,10)/t6-,7-/m0/s1. The van der Waals surface area contributed by atoms with Gasteiger partial charge in [0.2, 0.25) is 0 Å². The van der Waals surface area contributed by atoms with Gasteiger partial charge in [-0.15, -0.1) is 0 Å². The summed E-state index contributed by atoms with van der Waals surface area (Å²) >= 11 is 5.15. The second-order valence-electron chi connectivity index (χ2n) is 3.50. The normalized spacial score (nSPS) is 39.0. The number of nitrogens with one attached hydrogen (secondary N) is 1. The average molecular weight is 155 g/mol. The Kier molecular flexibility index (Phi) is 1.65. The summed E-state index contributed by atoms with van der Waals surface area (Å²) in [6.07, 6.45) is 6.70. The van der Waals surface area contributed by atoms with Crippen LogP contribution in [0.5, 0.6) is 0 Å². The molecule has 0 aromatic rings. The Balaban J connectivity index is 2.05. The molecule has 0 amide bonds. The average Bonchev–Trinajstić information content (AvgIpc) is 1.85. The predicted octanol–water partition coefficient (Wildman–Crippen LogP) is 1.87. The minimum Gasteiger partial charge on any atom is -0.377 e. The van der Waals surface area contributed by atoms with Crippen LogP contribution in [0, 0.1) is 5.92 Å². The van der Waals surface area contributed by atoms with Gasteiger partial charge in [-0.3, -0.25) is 0 Å². The Morgan fingerprint density at radius 1 is 1.40 bits per heavy atom. The summed E-state index contributed by atoms with van der Waals surface area (Å²) in [6.45, 7) is 0. The number of rotatable bonds is 0. The highest BCUT2D eigenvalue weighted by molar-refractivity contribution is 7.80. The first-order valence-corrected chi connectivity index (χ1v) is 4.55. The largest absolute Gasteiger partial charge is 0.377 e. The summed E-state index contributed by atoms with van der Waals surface area (Å²) in [6, 6.07) is 0.736. The van der Waals surface area contributed by atoms with Gasteiger partial charge < -0.3 is 5.32 Å². The molecule has 0 aromatic heterocycles. The van der Waals surface area contributed by atoms with E-state index in [1.165, 1.54) is 25.7 Å². The van der Waals surface area contributed by atoms with Crippen molar-refractivity contribution in [2.24, 2.45) is 5.92 Å². The first kappa shape index (κ1) is 6.59. The van der Waals surface area contributed by atoms with E-state index in [-0.39, 0.29) is 0 Å². The molecule has 56 valence electrons. The maximum Gasteiger partial charge on any atom is 0.0758 e. The fraction of sp³-hybridized carbons (Fsp3) is 0.875. The van der Waals surface area contributed by atoms with Crippen LogP contribution in [0.25, 0.3) is 0 Å². The van der Waals surface area contributed by atoms with E-state index < -0.39 is 0 Å². The lowest BCUT2D eigenvalue weighted by Crippen LogP contribution is -2.43. The molecule has 0 spiro atoms.